The molecule has 19 heavy (non-hydrogen) atoms. The zero-order chi connectivity index (χ0) is 13.2. The van der Waals surface area contributed by atoms with Gasteiger partial charge in [0.15, 0.2) is 11.5 Å². The molecule has 3 rings (SSSR count). The first kappa shape index (κ1) is 12.8. The van der Waals surface area contributed by atoms with E-state index in [2.05, 4.69) is 23.0 Å². The summed E-state index contributed by atoms with van der Waals surface area (Å²) in [5.74, 6) is 1.38. The highest BCUT2D eigenvalue weighted by Gasteiger charge is 2.17. The molecule has 2 heterocycles. The number of halogens is 1. The van der Waals surface area contributed by atoms with E-state index in [-0.39, 0.29) is 6.79 Å². The van der Waals surface area contributed by atoms with Gasteiger partial charge in [-0.25, -0.2) is 0 Å². The van der Waals surface area contributed by atoms with E-state index in [1.165, 1.54) is 11.1 Å². The Balaban J connectivity index is 1.65. The van der Waals surface area contributed by atoms with Crippen LogP contribution in [0, 0.1) is 6.92 Å². The van der Waals surface area contributed by atoms with Gasteiger partial charge in [-0.05, 0) is 46.5 Å². The van der Waals surface area contributed by atoms with Gasteiger partial charge in [0.2, 0.25) is 6.79 Å². The molecule has 100 valence electrons. The van der Waals surface area contributed by atoms with Crippen molar-refractivity contribution >= 4 is 22.9 Å². The summed E-state index contributed by atoms with van der Waals surface area (Å²) in [5, 5.41) is 8.36. The van der Waals surface area contributed by atoms with E-state index in [9.17, 15) is 0 Å². The van der Waals surface area contributed by atoms with E-state index in [0.717, 1.165) is 24.4 Å². The molecule has 0 aliphatic carbocycles. The van der Waals surface area contributed by atoms with Gasteiger partial charge in [0.1, 0.15) is 0 Å². The molecule has 0 unspecified atom stereocenters. The van der Waals surface area contributed by atoms with Crippen molar-refractivity contribution in [1.82, 2.24) is 5.32 Å². The smallest absolute Gasteiger partial charge is 0.231 e. The first-order valence-corrected chi connectivity index (χ1v) is 7.36. The van der Waals surface area contributed by atoms with Gasteiger partial charge in [0.05, 0.1) is 5.02 Å². The quantitative estimate of drug-likeness (QED) is 0.932. The van der Waals surface area contributed by atoms with Crippen molar-refractivity contribution in [3.63, 3.8) is 0 Å². The highest BCUT2D eigenvalue weighted by molar-refractivity contribution is 7.08. The molecule has 0 atom stereocenters. The molecule has 0 radical (unpaired) electrons. The summed E-state index contributed by atoms with van der Waals surface area (Å²) in [6.45, 7) is 4.00. The molecule has 0 saturated heterocycles. The molecule has 1 aromatic carbocycles. The van der Waals surface area contributed by atoms with Gasteiger partial charge in [-0.1, -0.05) is 11.6 Å². The van der Waals surface area contributed by atoms with Crippen LogP contribution in [0.2, 0.25) is 5.02 Å². The Hall–Kier alpha value is -1.23. The summed E-state index contributed by atoms with van der Waals surface area (Å²) in [4.78, 5) is 0. The van der Waals surface area contributed by atoms with Crippen molar-refractivity contribution < 1.29 is 9.47 Å². The summed E-state index contributed by atoms with van der Waals surface area (Å²) in [6, 6.07) is 3.89. The van der Waals surface area contributed by atoms with Crippen molar-refractivity contribution in [2.45, 2.75) is 20.0 Å². The number of hydrogen-bond acceptors (Lipinski definition) is 4. The fourth-order valence-electron chi connectivity index (χ4n) is 2.03. The molecule has 1 aliphatic rings. The lowest BCUT2D eigenvalue weighted by molar-refractivity contribution is 0.174. The molecular weight excluding hydrogens is 282 g/mol. The minimum atomic E-state index is 0.250. The maximum atomic E-state index is 6.15. The van der Waals surface area contributed by atoms with E-state index >= 15 is 0 Å². The maximum absolute atomic E-state index is 6.15. The number of ether oxygens (including phenoxy) is 2. The molecular formula is C14H14ClNO2S. The predicted octanol–water partition coefficient (Wildman–Crippen LogP) is 3.73. The first-order valence-electron chi connectivity index (χ1n) is 6.04. The second-order valence-electron chi connectivity index (χ2n) is 4.50. The van der Waals surface area contributed by atoms with E-state index in [1.807, 2.05) is 12.1 Å². The monoisotopic (exact) mass is 295 g/mol. The van der Waals surface area contributed by atoms with Gasteiger partial charge in [0.25, 0.3) is 0 Å². The fourth-order valence-corrected chi connectivity index (χ4v) is 3.18. The van der Waals surface area contributed by atoms with E-state index < -0.39 is 0 Å². The molecule has 0 fully saturated rings. The summed E-state index contributed by atoms with van der Waals surface area (Å²) >= 11 is 7.88. The third-order valence-corrected chi connectivity index (χ3v) is 4.28. The largest absolute Gasteiger partial charge is 0.454 e. The topological polar surface area (TPSA) is 30.5 Å². The van der Waals surface area contributed by atoms with Crippen LogP contribution in [-0.2, 0) is 13.1 Å². The van der Waals surface area contributed by atoms with Crippen molar-refractivity contribution in [1.29, 1.82) is 0 Å². The van der Waals surface area contributed by atoms with Crippen LogP contribution in [0.5, 0.6) is 11.5 Å². The Labute approximate surface area is 121 Å². The van der Waals surface area contributed by atoms with Gasteiger partial charge >= 0.3 is 0 Å². The van der Waals surface area contributed by atoms with Crippen LogP contribution in [0.3, 0.4) is 0 Å². The Morgan fingerprint density at radius 1 is 1.26 bits per heavy atom. The third kappa shape index (κ3) is 2.71. The molecule has 1 aliphatic heterocycles. The van der Waals surface area contributed by atoms with Gasteiger partial charge in [-0.2, -0.15) is 11.3 Å². The van der Waals surface area contributed by atoms with Crippen LogP contribution in [0.1, 0.15) is 16.7 Å². The number of nitrogens with one attached hydrogen (secondary N) is 1. The maximum Gasteiger partial charge on any atom is 0.231 e. The van der Waals surface area contributed by atoms with E-state index in [1.54, 1.807) is 11.3 Å². The first-order chi connectivity index (χ1) is 9.24. The summed E-state index contributed by atoms with van der Waals surface area (Å²) in [7, 11) is 0. The van der Waals surface area contributed by atoms with Crippen molar-refractivity contribution in [3.05, 3.63) is 44.6 Å². The van der Waals surface area contributed by atoms with Gasteiger partial charge < -0.3 is 14.8 Å². The predicted molar refractivity (Wildman–Crippen MR) is 77.2 cm³/mol. The molecule has 0 spiro atoms. The number of aryl methyl sites for hydroxylation is 1. The molecule has 1 N–H and O–H groups in total. The van der Waals surface area contributed by atoms with Crippen LogP contribution in [0.25, 0.3) is 0 Å². The zero-order valence-electron chi connectivity index (χ0n) is 10.5. The molecule has 5 heteroatoms. The molecule has 0 bridgehead atoms. The lowest BCUT2D eigenvalue weighted by atomic mass is 10.2. The fraction of sp³-hybridized carbons (Fsp3) is 0.286. The highest BCUT2D eigenvalue weighted by atomic mass is 35.5. The van der Waals surface area contributed by atoms with E-state index in [4.69, 9.17) is 21.1 Å². The second kappa shape index (κ2) is 5.41. The van der Waals surface area contributed by atoms with Crippen molar-refractivity contribution in [3.8, 4) is 11.5 Å². The number of fused-ring (bicyclic) bond motifs is 1. The lowest BCUT2D eigenvalue weighted by Gasteiger charge is -2.07. The standard InChI is InChI=1S/C14H14ClNO2S/c1-9-6-19-7-11(9)5-16-4-10-2-12(15)14-13(3-10)17-8-18-14/h2-3,6-7,16H,4-5,8H2,1H3. The highest BCUT2D eigenvalue weighted by Crippen LogP contribution is 2.39. The summed E-state index contributed by atoms with van der Waals surface area (Å²) in [6.07, 6.45) is 0. The van der Waals surface area contributed by atoms with Crippen LogP contribution in [0.4, 0.5) is 0 Å². The lowest BCUT2D eigenvalue weighted by Crippen LogP contribution is -2.12. The third-order valence-electron chi connectivity index (χ3n) is 3.09. The van der Waals surface area contributed by atoms with E-state index in [0.29, 0.717) is 10.8 Å². The van der Waals surface area contributed by atoms with Crippen molar-refractivity contribution in [2.75, 3.05) is 6.79 Å². The molecule has 0 saturated carbocycles. The van der Waals surface area contributed by atoms with Crippen LogP contribution in [-0.4, -0.2) is 6.79 Å². The van der Waals surface area contributed by atoms with Gasteiger partial charge in [-0.3, -0.25) is 0 Å². The minimum Gasteiger partial charge on any atom is -0.454 e. The Morgan fingerprint density at radius 2 is 2.16 bits per heavy atom. The number of rotatable bonds is 4. The summed E-state index contributed by atoms with van der Waals surface area (Å²) < 4.78 is 10.6. The zero-order valence-corrected chi connectivity index (χ0v) is 12.1. The SMILES string of the molecule is Cc1cscc1CNCc1cc(Cl)c2c(c1)OCO2. The number of thiophene rings is 1. The number of benzene rings is 1. The number of hydrogen-bond donors (Lipinski definition) is 1. The van der Waals surface area contributed by atoms with Crippen LogP contribution < -0.4 is 14.8 Å². The average Bonchev–Trinajstić information content (AvgIpc) is 2.99. The summed E-state index contributed by atoms with van der Waals surface area (Å²) in [5.41, 5.74) is 3.78. The van der Waals surface area contributed by atoms with Crippen LogP contribution >= 0.6 is 22.9 Å². The molecule has 3 nitrogen and oxygen atoms in total. The molecule has 2 aromatic rings. The van der Waals surface area contributed by atoms with Crippen LogP contribution in [0.15, 0.2) is 22.9 Å². The Kier molecular flexibility index (Phi) is 3.64. The molecule has 1 aromatic heterocycles. The van der Waals surface area contributed by atoms with Crippen molar-refractivity contribution in [2.24, 2.45) is 0 Å². The van der Waals surface area contributed by atoms with Gasteiger partial charge in [-0.15, -0.1) is 0 Å². The average molecular weight is 296 g/mol. The second-order valence-corrected chi connectivity index (χ2v) is 5.65. The molecule has 0 amide bonds. The Bertz CT molecular complexity index is 597. The normalized spacial score (nSPS) is 12.9. The van der Waals surface area contributed by atoms with Gasteiger partial charge in [0, 0.05) is 13.1 Å². The minimum absolute atomic E-state index is 0.250. The Morgan fingerprint density at radius 3 is 2.95 bits per heavy atom.